The highest BCUT2D eigenvalue weighted by Crippen LogP contribution is 2.13. The van der Waals surface area contributed by atoms with Gasteiger partial charge in [0.1, 0.15) is 0 Å². The van der Waals surface area contributed by atoms with Crippen molar-refractivity contribution in [2.24, 2.45) is 5.84 Å². The second-order valence-electron chi connectivity index (χ2n) is 4.30. The molecule has 0 aliphatic rings. The highest BCUT2D eigenvalue weighted by Gasteiger charge is 2.27. The Bertz CT molecular complexity index is 212. The average molecular weight is 245 g/mol. The molecule has 2 unspecified atom stereocenters. The largest absolute Gasteiger partial charge is 0.383 e. The van der Waals surface area contributed by atoms with Crippen LogP contribution in [0.15, 0.2) is 0 Å². The molecule has 1 amide bonds. The number of hydrazine groups is 1. The van der Waals surface area contributed by atoms with Crippen molar-refractivity contribution < 1.29 is 9.53 Å². The van der Waals surface area contributed by atoms with Crippen molar-refractivity contribution in [1.82, 2.24) is 10.3 Å². The summed E-state index contributed by atoms with van der Waals surface area (Å²) in [7, 11) is 1.67. The van der Waals surface area contributed by atoms with Crippen molar-refractivity contribution >= 4 is 5.91 Å². The Morgan fingerprint density at radius 1 is 1.47 bits per heavy atom. The second kappa shape index (κ2) is 9.39. The van der Waals surface area contributed by atoms with E-state index in [1.54, 1.807) is 7.11 Å². The molecule has 0 bridgehead atoms. The molecule has 17 heavy (non-hydrogen) atoms. The molecule has 0 saturated heterocycles. The molecular formula is C12H27N3O2. The lowest BCUT2D eigenvalue weighted by atomic mass is 10.1. The number of carbonyl (C=O) groups excluding carboxylic acids is 1. The molecule has 5 nitrogen and oxygen atoms in total. The molecule has 0 rings (SSSR count). The van der Waals surface area contributed by atoms with E-state index < -0.39 is 0 Å². The summed E-state index contributed by atoms with van der Waals surface area (Å²) in [6.07, 6.45) is 2.77. The van der Waals surface area contributed by atoms with Crippen LogP contribution in [0.4, 0.5) is 0 Å². The van der Waals surface area contributed by atoms with Crippen LogP contribution in [0.2, 0.25) is 0 Å². The van der Waals surface area contributed by atoms with Crippen molar-refractivity contribution in [2.45, 2.75) is 52.1 Å². The number of rotatable bonds is 9. The zero-order valence-corrected chi connectivity index (χ0v) is 11.5. The normalized spacial score (nSPS) is 14.7. The van der Waals surface area contributed by atoms with E-state index in [1.807, 2.05) is 0 Å². The SMILES string of the molecule is CCCC(C(=O)NN)N(CCOC)C(C)CC. The fraction of sp³-hybridized carbons (Fsp3) is 0.917. The topological polar surface area (TPSA) is 67.6 Å². The Kier molecular flexibility index (Phi) is 9.03. The summed E-state index contributed by atoms with van der Waals surface area (Å²) in [6.45, 7) is 7.70. The van der Waals surface area contributed by atoms with Crippen LogP contribution in [0.5, 0.6) is 0 Å². The molecule has 0 radical (unpaired) electrons. The van der Waals surface area contributed by atoms with Gasteiger partial charge in [0.2, 0.25) is 0 Å². The number of methoxy groups -OCH3 is 1. The second-order valence-corrected chi connectivity index (χ2v) is 4.30. The van der Waals surface area contributed by atoms with Crippen LogP contribution in [0.3, 0.4) is 0 Å². The Hall–Kier alpha value is -0.650. The van der Waals surface area contributed by atoms with E-state index in [0.717, 1.165) is 25.8 Å². The molecule has 0 heterocycles. The van der Waals surface area contributed by atoms with Crippen LogP contribution in [-0.2, 0) is 9.53 Å². The number of hydrogen-bond acceptors (Lipinski definition) is 4. The van der Waals surface area contributed by atoms with E-state index in [4.69, 9.17) is 10.6 Å². The van der Waals surface area contributed by atoms with Gasteiger partial charge in [0.15, 0.2) is 0 Å². The van der Waals surface area contributed by atoms with E-state index in [0.29, 0.717) is 12.6 Å². The molecular weight excluding hydrogens is 218 g/mol. The maximum atomic E-state index is 11.8. The monoisotopic (exact) mass is 245 g/mol. The van der Waals surface area contributed by atoms with E-state index in [1.165, 1.54) is 0 Å². The Labute approximate surface area is 105 Å². The first-order valence-electron chi connectivity index (χ1n) is 6.37. The Morgan fingerprint density at radius 2 is 2.12 bits per heavy atom. The molecule has 3 N–H and O–H groups in total. The van der Waals surface area contributed by atoms with Gasteiger partial charge in [-0.3, -0.25) is 15.1 Å². The number of hydrogen-bond donors (Lipinski definition) is 2. The van der Waals surface area contributed by atoms with Crippen molar-refractivity contribution in [2.75, 3.05) is 20.3 Å². The first-order valence-corrected chi connectivity index (χ1v) is 6.37. The number of carbonyl (C=O) groups is 1. The average Bonchev–Trinajstić information content (AvgIpc) is 2.36. The summed E-state index contributed by atoms with van der Waals surface area (Å²) in [5.74, 6) is 5.15. The van der Waals surface area contributed by atoms with Gasteiger partial charge in [-0.15, -0.1) is 0 Å². The Balaban J connectivity index is 4.72. The molecule has 102 valence electrons. The predicted octanol–water partition coefficient (Wildman–Crippen LogP) is 0.892. The first kappa shape index (κ1) is 16.4. The van der Waals surface area contributed by atoms with Gasteiger partial charge in [0, 0.05) is 19.7 Å². The molecule has 0 aliphatic carbocycles. The fourth-order valence-corrected chi connectivity index (χ4v) is 1.93. The van der Waals surface area contributed by atoms with Crippen molar-refractivity contribution in [3.8, 4) is 0 Å². The minimum Gasteiger partial charge on any atom is -0.383 e. The maximum absolute atomic E-state index is 11.8. The summed E-state index contributed by atoms with van der Waals surface area (Å²) < 4.78 is 5.10. The van der Waals surface area contributed by atoms with Gasteiger partial charge in [-0.25, -0.2) is 5.84 Å². The van der Waals surface area contributed by atoms with Crippen LogP contribution in [0, 0.1) is 0 Å². The third-order valence-corrected chi connectivity index (χ3v) is 3.12. The first-order chi connectivity index (χ1) is 8.12. The smallest absolute Gasteiger partial charge is 0.251 e. The lowest BCUT2D eigenvalue weighted by Gasteiger charge is -2.34. The van der Waals surface area contributed by atoms with Crippen LogP contribution < -0.4 is 11.3 Å². The highest BCUT2D eigenvalue weighted by atomic mass is 16.5. The Morgan fingerprint density at radius 3 is 2.53 bits per heavy atom. The van der Waals surface area contributed by atoms with E-state index in [2.05, 4.69) is 31.1 Å². The van der Waals surface area contributed by atoms with Crippen LogP contribution in [0.1, 0.15) is 40.0 Å². The van der Waals surface area contributed by atoms with Crippen molar-refractivity contribution in [3.63, 3.8) is 0 Å². The minimum absolute atomic E-state index is 0.108. The molecule has 0 aliphatic heterocycles. The molecule has 5 heteroatoms. The van der Waals surface area contributed by atoms with Gasteiger partial charge < -0.3 is 4.74 Å². The molecule has 0 aromatic heterocycles. The molecule has 0 spiro atoms. The summed E-state index contributed by atoms with van der Waals surface area (Å²) in [4.78, 5) is 14.0. The molecule has 2 atom stereocenters. The van der Waals surface area contributed by atoms with Gasteiger partial charge >= 0.3 is 0 Å². The standard InChI is InChI=1S/C12H27N3O2/c1-5-7-11(12(16)14-13)15(8-9-17-4)10(3)6-2/h10-11H,5-9,13H2,1-4H3,(H,14,16). The number of ether oxygens (including phenoxy) is 1. The van der Waals surface area contributed by atoms with Gasteiger partial charge in [-0.05, 0) is 19.8 Å². The number of nitrogens with zero attached hydrogens (tertiary/aromatic N) is 1. The van der Waals surface area contributed by atoms with Crippen molar-refractivity contribution in [3.05, 3.63) is 0 Å². The third-order valence-electron chi connectivity index (χ3n) is 3.12. The van der Waals surface area contributed by atoms with Gasteiger partial charge in [0.05, 0.1) is 12.6 Å². The van der Waals surface area contributed by atoms with Gasteiger partial charge in [0.25, 0.3) is 5.91 Å². The van der Waals surface area contributed by atoms with Crippen LogP contribution >= 0.6 is 0 Å². The van der Waals surface area contributed by atoms with E-state index in [-0.39, 0.29) is 11.9 Å². The highest BCUT2D eigenvalue weighted by molar-refractivity contribution is 5.81. The van der Waals surface area contributed by atoms with Crippen LogP contribution in [-0.4, -0.2) is 43.2 Å². The maximum Gasteiger partial charge on any atom is 0.251 e. The molecule has 0 aromatic carbocycles. The van der Waals surface area contributed by atoms with Gasteiger partial charge in [-0.1, -0.05) is 20.3 Å². The lowest BCUT2D eigenvalue weighted by Crippen LogP contribution is -2.52. The quantitative estimate of drug-likeness (QED) is 0.360. The molecule has 0 aromatic rings. The predicted molar refractivity (Wildman–Crippen MR) is 69.4 cm³/mol. The molecule has 0 fully saturated rings. The van der Waals surface area contributed by atoms with E-state index >= 15 is 0 Å². The number of amides is 1. The fourth-order valence-electron chi connectivity index (χ4n) is 1.93. The zero-order chi connectivity index (χ0) is 13.3. The summed E-state index contributed by atoms with van der Waals surface area (Å²) >= 11 is 0. The van der Waals surface area contributed by atoms with E-state index in [9.17, 15) is 4.79 Å². The molecule has 0 saturated carbocycles. The zero-order valence-electron chi connectivity index (χ0n) is 11.5. The summed E-state index contributed by atoms with van der Waals surface area (Å²) in [5.41, 5.74) is 2.26. The third kappa shape index (κ3) is 5.48. The number of nitrogens with two attached hydrogens (primary N) is 1. The lowest BCUT2D eigenvalue weighted by molar-refractivity contribution is -0.128. The van der Waals surface area contributed by atoms with Crippen molar-refractivity contribution in [1.29, 1.82) is 0 Å². The summed E-state index contributed by atoms with van der Waals surface area (Å²) in [5, 5.41) is 0. The summed E-state index contributed by atoms with van der Waals surface area (Å²) in [6, 6.07) is 0.189. The minimum atomic E-state index is -0.157. The van der Waals surface area contributed by atoms with Crippen LogP contribution in [0.25, 0.3) is 0 Å². The number of nitrogens with one attached hydrogen (secondary N) is 1. The van der Waals surface area contributed by atoms with Gasteiger partial charge in [-0.2, -0.15) is 0 Å².